The predicted molar refractivity (Wildman–Crippen MR) is 143 cm³/mol. The Bertz CT molecular complexity index is 1490. The highest BCUT2D eigenvalue weighted by Gasteiger charge is 2.47. The molecule has 0 aliphatic heterocycles. The number of rotatable bonds is 9. The van der Waals surface area contributed by atoms with E-state index in [1.54, 1.807) is 66.7 Å². The number of hydrogen-bond donors (Lipinski definition) is 0. The van der Waals surface area contributed by atoms with Gasteiger partial charge in [0.15, 0.2) is 24.3 Å². The molecule has 0 aliphatic rings. The van der Waals surface area contributed by atoms with Crippen LogP contribution in [0, 0.1) is 0 Å². The highest BCUT2D eigenvalue weighted by atomic mass is 79.9. The molecule has 1 atom stereocenters. The number of carbonyl (C=O) groups is 1. The molecule has 0 bridgehead atoms. The largest absolute Gasteiger partial charge is 0.302 e. The minimum absolute atomic E-state index is 0.128. The first-order valence-electron chi connectivity index (χ1n) is 11.1. The van der Waals surface area contributed by atoms with E-state index >= 15 is 0 Å². The van der Waals surface area contributed by atoms with E-state index in [9.17, 15) is 21.6 Å². The van der Waals surface area contributed by atoms with Gasteiger partial charge in [0, 0.05) is 4.47 Å². The summed E-state index contributed by atoms with van der Waals surface area (Å²) in [6.45, 7) is 0. The first-order chi connectivity index (χ1) is 17.2. The molecule has 0 saturated carbocycles. The second-order valence-corrected chi connectivity index (χ2v) is 13.8. The van der Waals surface area contributed by atoms with Crippen LogP contribution in [0.4, 0.5) is 0 Å². The van der Waals surface area contributed by atoms with Gasteiger partial charge in [0.05, 0.1) is 15.2 Å². The SMILES string of the molecule is O=C[C@](CC(S(=O)(=O)c1ccccc1)S(=O)(=O)c1ccccc1)(c1ccccc1)c1cccc(Br)c1. The van der Waals surface area contributed by atoms with Crippen molar-refractivity contribution < 1.29 is 21.6 Å². The molecule has 0 spiro atoms. The molecule has 8 heteroatoms. The first-order valence-corrected chi connectivity index (χ1v) is 15.0. The second kappa shape index (κ2) is 10.5. The lowest BCUT2D eigenvalue weighted by Gasteiger charge is -2.33. The van der Waals surface area contributed by atoms with Gasteiger partial charge in [-0.3, -0.25) is 0 Å². The molecule has 0 aliphatic carbocycles. The van der Waals surface area contributed by atoms with Gasteiger partial charge in [0.1, 0.15) is 6.29 Å². The van der Waals surface area contributed by atoms with E-state index in [2.05, 4.69) is 15.9 Å². The number of aldehydes is 1. The fraction of sp³-hybridized carbons (Fsp3) is 0.107. The lowest BCUT2D eigenvalue weighted by Crippen LogP contribution is -2.41. The van der Waals surface area contributed by atoms with Crippen LogP contribution in [0.2, 0.25) is 0 Å². The molecular weight excluding hydrogens is 560 g/mol. The number of carbonyl (C=O) groups excluding carboxylic acids is 1. The van der Waals surface area contributed by atoms with Crippen LogP contribution in [0.5, 0.6) is 0 Å². The third-order valence-corrected chi connectivity index (χ3v) is 11.7. The van der Waals surface area contributed by atoms with Gasteiger partial charge in [-0.1, -0.05) is 94.8 Å². The van der Waals surface area contributed by atoms with E-state index in [4.69, 9.17) is 0 Å². The highest BCUT2D eigenvalue weighted by molar-refractivity contribution is 9.10. The zero-order valence-electron chi connectivity index (χ0n) is 19.1. The first kappa shape index (κ1) is 26.0. The van der Waals surface area contributed by atoms with Crippen LogP contribution in [0.3, 0.4) is 0 Å². The van der Waals surface area contributed by atoms with Gasteiger partial charge >= 0.3 is 0 Å². The van der Waals surface area contributed by atoms with E-state index in [0.29, 0.717) is 21.9 Å². The fourth-order valence-electron chi connectivity index (χ4n) is 4.26. The minimum Gasteiger partial charge on any atom is -0.302 e. The molecule has 4 rings (SSSR count). The Balaban J connectivity index is 2.01. The van der Waals surface area contributed by atoms with Crippen molar-refractivity contribution in [1.29, 1.82) is 0 Å². The summed E-state index contributed by atoms with van der Waals surface area (Å²) in [5.41, 5.74) is -0.580. The second-order valence-electron chi connectivity index (χ2n) is 8.32. The zero-order valence-corrected chi connectivity index (χ0v) is 22.3. The van der Waals surface area contributed by atoms with Crippen LogP contribution in [0.1, 0.15) is 17.5 Å². The van der Waals surface area contributed by atoms with Crippen LogP contribution in [-0.2, 0) is 29.9 Å². The molecule has 4 aromatic rings. The molecular formula is C28H23BrO5S2. The van der Waals surface area contributed by atoms with Gasteiger partial charge in [-0.05, 0) is 53.9 Å². The van der Waals surface area contributed by atoms with Gasteiger partial charge in [-0.15, -0.1) is 0 Å². The molecule has 5 nitrogen and oxygen atoms in total. The zero-order chi connectivity index (χ0) is 25.8. The molecule has 0 radical (unpaired) electrons. The number of sulfone groups is 2. The Morgan fingerprint density at radius 3 is 1.53 bits per heavy atom. The maximum absolute atomic E-state index is 14.0. The van der Waals surface area contributed by atoms with E-state index in [0.717, 1.165) is 0 Å². The van der Waals surface area contributed by atoms with Crippen LogP contribution in [0.15, 0.2) is 130 Å². The minimum atomic E-state index is -4.43. The molecule has 0 amide bonds. The third-order valence-electron chi connectivity index (χ3n) is 6.15. The Morgan fingerprint density at radius 1 is 0.639 bits per heavy atom. The van der Waals surface area contributed by atoms with Crippen molar-refractivity contribution in [3.8, 4) is 0 Å². The quantitative estimate of drug-likeness (QED) is 0.240. The maximum atomic E-state index is 14.0. The Labute approximate surface area is 219 Å². The number of benzene rings is 4. The van der Waals surface area contributed by atoms with Crippen molar-refractivity contribution in [1.82, 2.24) is 0 Å². The van der Waals surface area contributed by atoms with Gasteiger partial charge in [0.2, 0.25) is 0 Å². The Kier molecular flexibility index (Phi) is 7.59. The van der Waals surface area contributed by atoms with Crippen LogP contribution < -0.4 is 0 Å². The van der Waals surface area contributed by atoms with E-state index < -0.39 is 36.1 Å². The fourth-order valence-corrected chi connectivity index (χ4v) is 9.31. The van der Waals surface area contributed by atoms with Crippen LogP contribution in [-0.4, -0.2) is 27.7 Å². The van der Waals surface area contributed by atoms with Crippen molar-refractivity contribution in [2.24, 2.45) is 0 Å². The molecule has 0 heterocycles. The monoisotopic (exact) mass is 582 g/mol. The normalized spacial score (nSPS) is 13.7. The van der Waals surface area contributed by atoms with E-state index in [1.807, 2.05) is 0 Å². The van der Waals surface area contributed by atoms with Gasteiger partial charge < -0.3 is 4.79 Å². The summed E-state index contributed by atoms with van der Waals surface area (Å²) in [5.74, 6) is 0. The summed E-state index contributed by atoms with van der Waals surface area (Å²) in [6, 6.07) is 30.5. The van der Waals surface area contributed by atoms with Gasteiger partial charge in [0.25, 0.3) is 0 Å². The van der Waals surface area contributed by atoms with Crippen molar-refractivity contribution >= 4 is 41.9 Å². The molecule has 0 saturated heterocycles. The molecule has 184 valence electrons. The smallest absolute Gasteiger partial charge is 0.196 e. The van der Waals surface area contributed by atoms with Crippen molar-refractivity contribution in [2.75, 3.05) is 0 Å². The molecule has 0 aromatic heterocycles. The number of halogens is 1. The summed E-state index contributed by atoms with van der Waals surface area (Å²) in [6.07, 6.45) is 0.142. The average Bonchev–Trinajstić information content (AvgIpc) is 2.91. The predicted octanol–water partition coefficient (Wildman–Crippen LogP) is 5.60. The summed E-state index contributed by atoms with van der Waals surface area (Å²) in [4.78, 5) is 12.7. The lowest BCUT2D eigenvalue weighted by atomic mass is 9.73. The molecule has 36 heavy (non-hydrogen) atoms. The molecule has 0 N–H and O–H groups in total. The van der Waals surface area contributed by atoms with Crippen molar-refractivity contribution in [2.45, 2.75) is 26.2 Å². The highest BCUT2D eigenvalue weighted by Crippen LogP contribution is 2.41. The van der Waals surface area contributed by atoms with E-state index in [-0.39, 0.29) is 9.79 Å². The maximum Gasteiger partial charge on any atom is 0.196 e. The topological polar surface area (TPSA) is 85.3 Å². The van der Waals surface area contributed by atoms with Crippen LogP contribution in [0.25, 0.3) is 0 Å². The van der Waals surface area contributed by atoms with Gasteiger partial charge in [-0.2, -0.15) is 0 Å². The Morgan fingerprint density at radius 2 is 1.08 bits per heavy atom. The third kappa shape index (κ3) is 4.93. The lowest BCUT2D eigenvalue weighted by molar-refractivity contribution is -0.111. The summed E-state index contributed by atoms with van der Waals surface area (Å²) >= 11 is 3.42. The van der Waals surface area contributed by atoms with Crippen molar-refractivity contribution in [3.05, 3.63) is 131 Å². The number of hydrogen-bond acceptors (Lipinski definition) is 5. The summed E-state index contributed by atoms with van der Waals surface area (Å²) in [7, 11) is -8.87. The van der Waals surface area contributed by atoms with Crippen LogP contribution >= 0.6 is 15.9 Å². The summed E-state index contributed by atoms with van der Waals surface area (Å²) < 4.78 is 54.6. The average molecular weight is 584 g/mol. The van der Waals surface area contributed by atoms with Gasteiger partial charge in [-0.25, -0.2) is 16.8 Å². The van der Waals surface area contributed by atoms with Crippen molar-refractivity contribution in [3.63, 3.8) is 0 Å². The standard InChI is InChI=1S/C28H23BrO5S2/c29-24-14-10-13-23(19-24)28(21-30,22-11-4-1-5-12-22)20-27(35(31,32)25-15-6-2-7-16-25)36(33,34)26-17-8-3-9-18-26/h1-19,21,27H,20H2/t28-/m1/s1. The molecule has 0 unspecified atom stereocenters. The molecule has 4 aromatic carbocycles. The summed E-state index contributed by atoms with van der Waals surface area (Å²) in [5, 5.41) is 0. The Hall–Kier alpha value is -3.07. The van der Waals surface area contributed by atoms with E-state index in [1.165, 1.54) is 48.5 Å². The molecule has 0 fully saturated rings.